The van der Waals surface area contributed by atoms with Gasteiger partial charge in [0.25, 0.3) is 0 Å². The number of halogens is 2. The molecule has 0 fully saturated rings. The molecule has 3 N–H and O–H groups in total. The molecule has 0 aromatic heterocycles. The van der Waals surface area contributed by atoms with Gasteiger partial charge in [-0.2, -0.15) is 0 Å². The third kappa shape index (κ3) is 4.47. The molecule has 2 rings (SSSR count). The van der Waals surface area contributed by atoms with Crippen molar-refractivity contribution >= 4 is 35.1 Å². The summed E-state index contributed by atoms with van der Waals surface area (Å²) in [6, 6.07) is 11.2. The highest BCUT2D eigenvalue weighted by atomic mass is 35.5. The van der Waals surface area contributed by atoms with Crippen LogP contribution in [-0.4, -0.2) is 19.0 Å². The molecule has 0 heterocycles. The standard InChI is InChI=1S/C17H16Cl2N2O3/c1-24-17(23)15(11-4-8-13(19)9-5-11)21-16(22)14(20)10-2-6-12(18)7-3-10/h2-9,14-15H,20H2,1H3,(H,21,22). The number of nitrogens with one attached hydrogen (secondary N) is 1. The van der Waals surface area contributed by atoms with Crippen LogP contribution in [-0.2, 0) is 14.3 Å². The van der Waals surface area contributed by atoms with Gasteiger partial charge in [0, 0.05) is 10.0 Å². The average Bonchev–Trinajstić information content (AvgIpc) is 2.59. The predicted molar refractivity (Wildman–Crippen MR) is 92.7 cm³/mol. The van der Waals surface area contributed by atoms with Crippen LogP contribution in [0.2, 0.25) is 10.0 Å². The number of benzene rings is 2. The van der Waals surface area contributed by atoms with Gasteiger partial charge in [0.15, 0.2) is 6.04 Å². The number of carbonyl (C=O) groups excluding carboxylic acids is 2. The van der Waals surface area contributed by atoms with Gasteiger partial charge in [-0.15, -0.1) is 0 Å². The van der Waals surface area contributed by atoms with E-state index < -0.39 is 24.0 Å². The van der Waals surface area contributed by atoms with Crippen LogP contribution in [0.5, 0.6) is 0 Å². The summed E-state index contributed by atoms with van der Waals surface area (Å²) in [5, 5.41) is 3.66. The Morgan fingerprint density at radius 2 is 1.42 bits per heavy atom. The lowest BCUT2D eigenvalue weighted by molar-refractivity contribution is -0.145. The van der Waals surface area contributed by atoms with Crippen molar-refractivity contribution in [2.45, 2.75) is 12.1 Å². The molecule has 7 heteroatoms. The van der Waals surface area contributed by atoms with E-state index in [0.717, 1.165) is 0 Å². The minimum atomic E-state index is -0.974. The van der Waals surface area contributed by atoms with Crippen LogP contribution >= 0.6 is 23.2 Å². The van der Waals surface area contributed by atoms with Crippen LogP contribution in [0.1, 0.15) is 23.2 Å². The van der Waals surface area contributed by atoms with Gasteiger partial charge >= 0.3 is 5.97 Å². The van der Waals surface area contributed by atoms with E-state index >= 15 is 0 Å². The van der Waals surface area contributed by atoms with Crippen LogP contribution in [0.15, 0.2) is 48.5 Å². The number of methoxy groups -OCH3 is 1. The van der Waals surface area contributed by atoms with Gasteiger partial charge in [0.05, 0.1) is 7.11 Å². The first-order chi connectivity index (χ1) is 11.4. The lowest BCUT2D eigenvalue weighted by Crippen LogP contribution is -2.40. The third-order valence-electron chi connectivity index (χ3n) is 3.44. The molecule has 1 amide bonds. The van der Waals surface area contributed by atoms with Crippen molar-refractivity contribution < 1.29 is 14.3 Å². The lowest BCUT2D eigenvalue weighted by Gasteiger charge is -2.20. The van der Waals surface area contributed by atoms with Crippen LogP contribution in [0, 0.1) is 0 Å². The zero-order valence-corrected chi connectivity index (χ0v) is 14.3. The topological polar surface area (TPSA) is 81.4 Å². The maximum Gasteiger partial charge on any atom is 0.333 e. The molecule has 24 heavy (non-hydrogen) atoms. The Kier molecular flexibility index (Phi) is 6.20. The molecule has 0 aliphatic heterocycles. The van der Waals surface area contributed by atoms with Crippen LogP contribution in [0.3, 0.4) is 0 Å². The number of amides is 1. The molecule has 2 aromatic rings. The minimum Gasteiger partial charge on any atom is -0.467 e. The van der Waals surface area contributed by atoms with Crippen LogP contribution in [0.4, 0.5) is 0 Å². The van der Waals surface area contributed by atoms with Crippen molar-refractivity contribution in [2.75, 3.05) is 7.11 Å². The first-order valence-corrected chi connectivity index (χ1v) is 7.82. The van der Waals surface area contributed by atoms with E-state index in [0.29, 0.717) is 21.2 Å². The fourth-order valence-electron chi connectivity index (χ4n) is 2.10. The highest BCUT2D eigenvalue weighted by Crippen LogP contribution is 2.20. The second-order valence-corrected chi connectivity index (χ2v) is 5.92. The van der Waals surface area contributed by atoms with Crippen LogP contribution < -0.4 is 11.1 Å². The molecule has 2 aromatic carbocycles. The van der Waals surface area contributed by atoms with E-state index in [1.165, 1.54) is 7.11 Å². The van der Waals surface area contributed by atoms with Crippen molar-refractivity contribution in [3.05, 3.63) is 69.7 Å². The maximum absolute atomic E-state index is 12.4. The van der Waals surface area contributed by atoms with E-state index in [1.54, 1.807) is 48.5 Å². The second-order valence-electron chi connectivity index (χ2n) is 5.05. The van der Waals surface area contributed by atoms with Crippen molar-refractivity contribution in [2.24, 2.45) is 5.73 Å². The van der Waals surface area contributed by atoms with Gasteiger partial charge in [-0.25, -0.2) is 4.79 Å². The molecular formula is C17H16Cl2N2O3. The molecule has 2 atom stereocenters. The molecular weight excluding hydrogens is 351 g/mol. The first kappa shape index (κ1) is 18.3. The Hall–Kier alpha value is -2.08. The first-order valence-electron chi connectivity index (χ1n) is 7.07. The summed E-state index contributed by atoms with van der Waals surface area (Å²) >= 11 is 11.7. The highest BCUT2D eigenvalue weighted by Gasteiger charge is 2.26. The van der Waals surface area contributed by atoms with Crippen molar-refractivity contribution in [1.29, 1.82) is 0 Å². The minimum absolute atomic E-state index is 0.511. The summed E-state index contributed by atoms with van der Waals surface area (Å²) in [6.07, 6.45) is 0. The highest BCUT2D eigenvalue weighted by molar-refractivity contribution is 6.30. The Balaban J connectivity index is 2.19. The number of hydrogen-bond acceptors (Lipinski definition) is 4. The number of nitrogens with two attached hydrogens (primary N) is 1. The van der Waals surface area contributed by atoms with Gasteiger partial charge in [-0.3, -0.25) is 4.79 Å². The number of ether oxygens (including phenoxy) is 1. The summed E-state index contributed by atoms with van der Waals surface area (Å²) in [7, 11) is 1.25. The van der Waals surface area contributed by atoms with Gasteiger partial charge in [0.1, 0.15) is 6.04 Å². The van der Waals surface area contributed by atoms with E-state index in [-0.39, 0.29) is 0 Å². The Morgan fingerprint density at radius 1 is 0.958 bits per heavy atom. The van der Waals surface area contributed by atoms with Crippen molar-refractivity contribution in [1.82, 2.24) is 5.32 Å². The van der Waals surface area contributed by atoms with Gasteiger partial charge in [0.2, 0.25) is 5.91 Å². The number of hydrogen-bond donors (Lipinski definition) is 2. The van der Waals surface area contributed by atoms with E-state index in [2.05, 4.69) is 5.32 Å². The van der Waals surface area contributed by atoms with E-state index in [1.807, 2.05) is 0 Å². The zero-order chi connectivity index (χ0) is 17.7. The SMILES string of the molecule is COC(=O)C(NC(=O)C(N)c1ccc(Cl)cc1)c1ccc(Cl)cc1. The second kappa shape index (κ2) is 8.15. The molecule has 0 spiro atoms. The summed E-state index contributed by atoms with van der Waals surface area (Å²) in [6.45, 7) is 0. The Bertz CT molecular complexity index is 718. The smallest absolute Gasteiger partial charge is 0.333 e. The number of esters is 1. The van der Waals surface area contributed by atoms with Gasteiger partial charge < -0.3 is 15.8 Å². The molecule has 0 saturated heterocycles. The Morgan fingerprint density at radius 3 is 1.88 bits per heavy atom. The van der Waals surface area contributed by atoms with Gasteiger partial charge in [-0.1, -0.05) is 47.5 Å². The van der Waals surface area contributed by atoms with Crippen LogP contribution in [0.25, 0.3) is 0 Å². The summed E-state index contributed by atoms with van der Waals surface area (Å²) in [5.41, 5.74) is 7.08. The molecule has 0 saturated carbocycles. The molecule has 2 unspecified atom stereocenters. The van der Waals surface area contributed by atoms with Crippen molar-refractivity contribution in [3.63, 3.8) is 0 Å². The molecule has 0 radical (unpaired) electrons. The number of rotatable bonds is 5. The number of carbonyl (C=O) groups is 2. The summed E-state index contributed by atoms with van der Waals surface area (Å²) in [5.74, 6) is -1.11. The molecule has 5 nitrogen and oxygen atoms in total. The lowest BCUT2D eigenvalue weighted by atomic mass is 10.0. The fourth-order valence-corrected chi connectivity index (χ4v) is 2.36. The molecule has 126 valence electrons. The molecule has 0 bridgehead atoms. The maximum atomic E-state index is 12.4. The molecule has 0 aliphatic rings. The van der Waals surface area contributed by atoms with E-state index in [9.17, 15) is 9.59 Å². The Labute approximate surface area is 149 Å². The largest absolute Gasteiger partial charge is 0.467 e. The summed E-state index contributed by atoms with van der Waals surface area (Å²) < 4.78 is 4.75. The van der Waals surface area contributed by atoms with Gasteiger partial charge in [-0.05, 0) is 35.4 Å². The summed E-state index contributed by atoms with van der Waals surface area (Å²) in [4.78, 5) is 24.4. The molecule has 0 aliphatic carbocycles. The quantitative estimate of drug-likeness (QED) is 0.796. The average molecular weight is 367 g/mol. The van der Waals surface area contributed by atoms with E-state index in [4.69, 9.17) is 33.7 Å². The normalized spacial score (nSPS) is 13.0. The third-order valence-corrected chi connectivity index (χ3v) is 3.94. The monoisotopic (exact) mass is 366 g/mol. The fraction of sp³-hybridized carbons (Fsp3) is 0.176. The predicted octanol–water partition coefficient (Wildman–Crippen LogP) is 3.02. The zero-order valence-electron chi connectivity index (χ0n) is 12.8. The van der Waals surface area contributed by atoms with Crippen molar-refractivity contribution in [3.8, 4) is 0 Å².